The Hall–Kier alpha value is -2.85. The SMILES string of the molecule is Cc1nc(NC(=O)c2ccc(CCl)cc2)cc2c3ccccc3n(C(C)C)c12. The van der Waals surface area contributed by atoms with Crippen molar-refractivity contribution in [2.24, 2.45) is 0 Å². The number of aromatic nitrogens is 2. The number of aryl methyl sites for hydroxylation is 1. The van der Waals surface area contributed by atoms with Gasteiger partial charge in [0.05, 0.1) is 11.2 Å². The van der Waals surface area contributed by atoms with Crippen molar-refractivity contribution < 1.29 is 4.79 Å². The number of pyridine rings is 1. The van der Waals surface area contributed by atoms with Crippen molar-refractivity contribution in [3.05, 3.63) is 71.4 Å². The van der Waals surface area contributed by atoms with Crippen LogP contribution in [0.5, 0.6) is 0 Å². The molecule has 0 atom stereocenters. The molecule has 142 valence electrons. The third kappa shape index (κ3) is 3.14. The van der Waals surface area contributed by atoms with Crippen LogP contribution in [0.2, 0.25) is 0 Å². The molecule has 4 nitrogen and oxygen atoms in total. The lowest BCUT2D eigenvalue weighted by Crippen LogP contribution is -2.13. The normalized spacial score (nSPS) is 11.5. The molecule has 0 bridgehead atoms. The molecule has 0 aliphatic heterocycles. The van der Waals surface area contributed by atoms with E-state index in [9.17, 15) is 4.79 Å². The van der Waals surface area contributed by atoms with Gasteiger partial charge >= 0.3 is 0 Å². The first-order valence-corrected chi connectivity index (χ1v) is 9.89. The number of benzene rings is 2. The standard InChI is InChI=1S/C23H22ClN3O/c1-14(2)27-20-7-5-4-6-18(20)19-12-21(25-15(3)22(19)27)26-23(28)17-10-8-16(13-24)9-11-17/h4-12,14H,13H2,1-3H3,(H,25,26,28). The van der Waals surface area contributed by atoms with Crippen LogP contribution in [0.1, 0.15) is 41.5 Å². The number of hydrogen-bond acceptors (Lipinski definition) is 2. The molecule has 2 aromatic heterocycles. The molecule has 0 saturated carbocycles. The summed E-state index contributed by atoms with van der Waals surface area (Å²) < 4.78 is 2.31. The van der Waals surface area contributed by atoms with E-state index >= 15 is 0 Å². The number of amides is 1. The van der Waals surface area contributed by atoms with Crippen molar-refractivity contribution in [2.45, 2.75) is 32.7 Å². The number of carbonyl (C=O) groups is 1. The number of carbonyl (C=O) groups excluding carboxylic acids is 1. The molecule has 28 heavy (non-hydrogen) atoms. The average molecular weight is 392 g/mol. The summed E-state index contributed by atoms with van der Waals surface area (Å²) in [7, 11) is 0. The van der Waals surface area contributed by atoms with Crippen molar-refractivity contribution in [3.8, 4) is 0 Å². The molecule has 0 spiro atoms. The van der Waals surface area contributed by atoms with E-state index in [-0.39, 0.29) is 5.91 Å². The molecule has 5 heteroatoms. The lowest BCUT2D eigenvalue weighted by molar-refractivity contribution is 0.102. The fourth-order valence-electron chi connectivity index (χ4n) is 3.74. The van der Waals surface area contributed by atoms with Gasteiger partial charge in [0.15, 0.2) is 0 Å². The second-order valence-corrected chi connectivity index (χ2v) is 7.52. The molecule has 2 aromatic carbocycles. The van der Waals surface area contributed by atoms with Gasteiger partial charge in [-0.05, 0) is 50.6 Å². The van der Waals surface area contributed by atoms with Crippen LogP contribution in [0.25, 0.3) is 21.8 Å². The Kier molecular flexibility index (Phi) is 4.82. The molecule has 0 radical (unpaired) electrons. The van der Waals surface area contributed by atoms with Crippen LogP contribution in [-0.4, -0.2) is 15.5 Å². The lowest BCUT2D eigenvalue weighted by Gasteiger charge is -2.13. The summed E-state index contributed by atoms with van der Waals surface area (Å²) in [5, 5.41) is 5.21. The van der Waals surface area contributed by atoms with Crippen LogP contribution in [-0.2, 0) is 5.88 Å². The third-order valence-electron chi connectivity index (χ3n) is 4.99. The van der Waals surface area contributed by atoms with Crippen molar-refractivity contribution in [2.75, 3.05) is 5.32 Å². The van der Waals surface area contributed by atoms with Gasteiger partial charge < -0.3 is 9.88 Å². The number of halogens is 1. The predicted octanol–water partition coefficient (Wildman–Crippen LogP) is 6.07. The zero-order valence-corrected chi connectivity index (χ0v) is 16.9. The highest BCUT2D eigenvalue weighted by atomic mass is 35.5. The minimum absolute atomic E-state index is 0.181. The molecule has 0 aliphatic rings. The summed E-state index contributed by atoms with van der Waals surface area (Å²) in [4.78, 5) is 17.3. The summed E-state index contributed by atoms with van der Waals surface area (Å²) in [6.07, 6.45) is 0. The van der Waals surface area contributed by atoms with Crippen LogP contribution >= 0.6 is 11.6 Å². The second-order valence-electron chi connectivity index (χ2n) is 7.25. The Morgan fingerprint density at radius 3 is 2.50 bits per heavy atom. The van der Waals surface area contributed by atoms with Crippen molar-refractivity contribution in [1.82, 2.24) is 9.55 Å². The topological polar surface area (TPSA) is 46.9 Å². The maximum Gasteiger partial charge on any atom is 0.256 e. The van der Waals surface area contributed by atoms with E-state index in [1.54, 1.807) is 12.1 Å². The predicted molar refractivity (Wildman–Crippen MR) is 116 cm³/mol. The summed E-state index contributed by atoms with van der Waals surface area (Å²) in [5.41, 5.74) is 4.75. The molecular formula is C23H22ClN3O. The van der Waals surface area contributed by atoms with Gasteiger partial charge in [-0.1, -0.05) is 30.3 Å². The molecule has 1 amide bonds. The average Bonchev–Trinajstić information content (AvgIpc) is 3.03. The lowest BCUT2D eigenvalue weighted by atomic mass is 10.1. The van der Waals surface area contributed by atoms with E-state index in [0.29, 0.717) is 23.3 Å². The first kappa shape index (κ1) is 18.5. The van der Waals surface area contributed by atoms with Gasteiger partial charge in [0.2, 0.25) is 0 Å². The van der Waals surface area contributed by atoms with Crippen LogP contribution in [0.15, 0.2) is 54.6 Å². The minimum Gasteiger partial charge on any atom is -0.336 e. The highest BCUT2D eigenvalue weighted by Crippen LogP contribution is 2.34. The van der Waals surface area contributed by atoms with Crippen LogP contribution in [0.3, 0.4) is 0 Å². The number of rotatable bonds is 4. The molecule has 0 unspecified atom stereocenters. The van der Waals surface area contributed by atoms with Crippen LogP contribution in [0.4, 0.5) is 5.82 Å². The minimum atomic E-state index is -0.181. The second kappa shape index (κ2) is 7.28. The van der Waals surface area contributed by atoms with Gasteiger partial charge in [0, 0.05) is 33.8 Å². The van der Waals surface area contributed by atoms with E-state index in [1.807, 2.05) is 31.2 Å². The van der Waals surface area contributed by atoms with Crippen molar-refractivity contribution in [3.63, 3.8) is 0 Å². The van der Waals surface area contributed by atoms with Crippen LogP contribution in [0, 0.1) is 6.92 Å². The van der Waals surface area contributed by atoms with E-state index in [2.05, 4.69) is 46.9 Å². The van der Waals surface area contributed by atoms with E-state index in [0.717, 1.165) is 22.2 Å². The number of hydrogen-bond donors (Lipinski definition) is 1. The van der Waals surface area contributed by atoms with Gasteiger partial charge in [-0.25, -0.2) is 4.98 Å². The smallest absolute Gasteiger partial charge is 0.256 e. The first-order chi connectivity index (χ1) is 13.5. The van der Waals surface area contributed by atoms with Gasteiger partial charge in [0.1, 0.15) is 5.82 Å². The zero-order chi connectivity index (χ0) is 19.8. The van der Waals surface area contributed by atoms with Gasteiger partial charge in [0.25, 0.3) is 5.91 Å². The third-order valence-corrected chi connectivity index (χ3v) is 5.30. The molecule has 2 heterocycles. The Morgan fingerprint density at radius 2 is 1.82 bits per heavy atom. The Bertz CT molecular complexity index is 1180. The Morgan fingerprint density at radius 1 is 1.11 bits per heavy atom. The zero-order valence-electron chi connectivity index (χ0n) is 16.2. The maximum atomic E-state index is 12.6. The number of nitrogens with one attached hydrogen (secondary N) is 1. The molecule has 0 fully saturated rings. The van der Waals surface area contributed by atoms with Crippen molar-refractivity contribution >= 4 is 45.1 Å². The fourth-order valence-corrected chi connectivity index (χ4v) is 3.92. The molecular weight excluding hydrogens is 370 g/mol. The molecule has 4 aromatic rings. The van der Waals surface area contributed by atoms with Gasteiger partial charge in [-0.15, -0.1) is 11.6 Å². The highest BCUT2D eigenvalue weighted by Gasteiger charge is 2.17. The first-order valence-electron chi connectivity index (χ1n) is 9.36. The number of anilines is 1. The number of nitrogens with zero attached hydrogens (tertiary/aromatic N) is 2. The highest BCUT2D eigenvalue weighted by molar-refractivity contribution is 6.17. The number of alkyl halides is 1. The molecule has 0 aliphatic carbocycles. The maximum absolute atomic E-state index is 12.6. The summed E-state index contributed by atoms with van der Waals surface area (Å²) in [5.74, 6) is 0.808. The largest absolute Gasteiger partial charge is 0.336 e. The van der Waals surface area contributed by atoms with E-state index in [1.165, 1.54) is 10.9 Å². The molecule has 4 rings (SSSR count). The summed E-state index contributed by atoms with van der Waals surface area (Å²) in [6.45, 7) is 6.34. The van der Waals surface area contributed by atoms with Gasteiger partial charge in [-0.3, -0.25) is 4.79 Å². The Balaban J connectivity index is 1.78. The number of para-hydroxylation sites is 1. The summed E-state index contributed by atoms with van der Waals surface area (Å²) in [6, 6.07) is 17.9. The summed E-state index contributed by atoms with van der Waals surface area (Å²) >= 11 is 5.82. The quantitative estimate of drug-likeness (QED) is 0.429. The number of fused-ring (bicyclic) bond motifs is 3. The van der Waals surface area contributed by atoms with Gasteiger partial charge in [-0.2, -0.15) is 0 Å². The van der Waals surface area contributed by atoms with Crippen molar-refractivity contribution in [1.29, 1.82) is 0 Å². The van der Waals surface area contributed by atoms with Crippen LogP contribution < -0.4 is 5.32 Å². The molecule has 1 N–H and O–H groups in total. The fraction of sp³-hybridized carbons (Fsp3) is 0.217. The van der Waals surface area contributed by atoms with E-state index in [4.69, 9.17) is 11.6 Å². The molecule has 0 saturated heterocycles. The van der Waals surface area contributed by atoms with E-state index < -0.39 is 0 Å². The monoisotopic (exact) mass is 391 g/mol. The Labute approximate surface area is 169 Å².